The summed E-state index contributed by atoms with van der Waals surface area (Å²) in [4.78, 5) is 30.7. The van der Waals surface area contributed by atoms with Gasteiger partial charge < -0.3 is 15.1 Å². The van der Waals surface area contributed by atoms with E-state index in [0.717, 1.165) is 39.8 Å². The summed E-state index contributed by atoms with van der Waals surface area (Å²) in [6.45, 7) is 0.609. The lowest BCUT2D eigenvalue weighted by Gasteiger charge is -2.31. The zero-order chi connectivity index (χ0) is 25.2. The van der Waals surface area contributed by atoms with E-state index < -0.39 is 12.1 Å². The van der Waals surface area contributed by atoms with Crippen molar-refractivity contribution in [2.75, 3.05) is 26.4 Å². The maximum Gasteiger partial charge on any atom is 0.245 e. The summed E-state index contributed by atoms with van der Waals surface area (Å²) in [5, 5.41) is 0.947. The van der Waals surface area contributed by atoms with Gasteiger partial charge in [0, 0.05) is 29.6 Å². The van der Waals surface area contributed by atoms with Gasteiger partial charge in [0.25, 0.3) is 0 Å². The van der Waals surface area contributed by atoms with Crippen LogP contribution in [0.25, 0.3) is 22.3 Å². The molecule has 4 aromatic rings. The molecule has 6 nitrogen and oxygen atoms in total. The van der Waals surface area contributed by atoms with E-state index >= 15 is 0 Å². The second-order valence-electron chi connectivity index (χ2n) is 9.71. The molecule has 6 heteroatoms. The van der Waals surface area contributed by atoms with Crippen LogP contribution in [0.5, 0.6) is 0 Å². The largest absolute Gasteiger partial charge is 0.456 e. The van der Waals surface area contributed by atoms with Crippen LogP contribution in [0.2, 0.25) is 0 Å². The van der Waals surface area contributed by atoms with E-state index in [1.54, 1.807) is 4.90 Å². The van der Waals surface area contributed by atoms with Crippen molar-refractivity contribution in [3.8, 4) is 11.3 Å². The lowest BCUT2D eigenvalue weighted by Crippen LogP contribution is -2.46. The van der Waals surface area contributed by atoms with Crippen LogP contribution in [0.4, 0.5) is 5.69 Å². The monoisotopic (exact) mass is 481 g/mol. The molecule has 2 atom stereocenters. The number of likely N-dealkylation sites (tertiary alicyclic amines) is 1. The highest BCUT2D eigenvalue weighted by atomic mass is 16.3. The van der Waals surface area contributed by atoms with Crippen LogP contribution in [-0.4, -0.2) is 48.2 Å². The van der Waals surface area contributed by atoms with Crippen molar-refractivity contribution in [1.82, 2.24) is 9.80 Å². The topological polar surface area (TPSA) is 79.8 Å². The molecular weight excluding hydrogens is 450 g/mol. The zero-order valence-corrected chi connectivity index (χ0v) is 20.7. The van der Waals surface area contributed by atoms with E-state index in [0.29, 0.717) is 18.7 Å². The van der Waals surface area contributed by atoms with Crippen molar-refractivity contribution in [1.29, 1.82) is 0 Å². The number of fused-ring (bicyclic) bond motifs is 1. The molecule has 1 aliphatic heterocycles. The fraction of sp³-hybridized carbons (Fsp3) is 0.267. The third-order valence-corrected chi connectivity index (χ3v) is 6.93. The summed E-state index contributed by atoms with van der Waals surface area (Å²) in [5.74, 6) is 0.824. The summed E-state index contributed by atoms with van der Waals surface area (Å²) in [7, 11) is 3.81. The number of ketones is 1. The zero-order valence-electron chi connectivity index (χ0n) is 20.7. The predicted molar refractivity (Wildman–Crippen MR) is 142 cm³/mol. The van der Waals surface area contributed by atoms with Gasteiger partial charge in [0.15, 0.2) is 5.78 Å². The maximum atomic E-state index is 13.6. The first-order valence-electron chi connectivity index (χ1n) is 12.3. The third kappa shape index (κ3) is 4.77. The van der Waals surface area contributed by atoms with E-state index in [4.69, 9.17) is 10.2 Å². The molecule has 1 amide bonds. The SMILES string of the molecule is CN(C)[C@@H](C(=O)N1CCC[C@H]1C(=O)Cc1ccc2oc(-c3ccc(N)cc3)cc2c1)c1ccccc1. The highest BCUT2D eigenvalue weighted by Gasteiger charge is 2.38. The fourth-order valence-electron chi connectivity index (χ4n) is 5.13. The highest BCUT2D eigenvalue weighted by molar-refractivity contribution is 5.93. The Morgan fingerprint density at radius 3 is 2.50 bits per heavy atom. The average Bonchev–Trinajstić information content (AvgIpc) is 3.52. The van der Waals surface area contributed by atoms with Crippen molar-refractivity contribution < 1.29 is 14.0 Å². The van der Waals surface area contributed by atoms with Gasteiger partial charge in [0.05, 0.1) is 6.04 Å². The fourth-order valence-corrected chi connectivity index (χ4v) is 5.13. The first kappa shape index (κ1) is 23.8. The van der Waals surface area contributed by atoms with Crippen LogP contribution in [0, 0.1) is 0 Å². The van der Waals surface area contributed by atoms with Crippen molar-refractivity contribution in [2.24, 2.45) is 0 Å². The standard InChI is InChI=1S/C30H31N3O3/c1-32(2)29(22-7-4-3-5-8-22)30(35)33-16-6-9-25(33)26(34)18-20-10-15-27-23(17-20)19-28(36-27)21-11-13-24(31)14-12-21/h3-5,7-8,10-15,17,19,25,29H,6,9,16,18,31H2,1-2H3/t25-,29+/m0/s1. The molecule has 1 saturated heterocycles. The predicted octanol–water partition coefficient (Wildman–Crippen LogP) is 5.09. The number of hydrogen-bond acceptors (Lipinski definition) is 5. The Morgan fingerprint density at radius 2 is 1.78 bits per heavy atom. The molecule has 5 rings (SSSR count). The van der Waals surface area contributed by atoms with E-state index in [9.17, 15) is 9.59 Å². The van der Waals surface area contributed by atoms with Crippen LogP contribution in [0.1, 0.15) is 30.0 Å². The number of nitrogens with zero attached hydrogens (tertiary/aromatic N) is 2. The van der Waals surface area contributed by atoms with Crippen LogP contribution in [-0.2, 0) is 16.0 Å². The number of Topliss-reactive ketones (excluding diaryl/α,β-unsaturated/α-hetero) is 1. The molecule has 0 aliphatic carbocycles. The Morgan fingerprint density at radius 1 is 1.03 bits per heavy atom. The Kier molecular flexibility index (Phi) is 6.61. The van der Waals surface area contributed by atoms with Gasteiger partial charge >= 0.3 is 0 Å². The summed E-state index contributed by atoms with van der Waals surface area (Å²) in [5.41, 5.74) is 10.1. The van der Waals surface area contributed by atoms with Gasteiger partial charge in [-0.05, 0) is 80.5 Å². The molecule has 1 aliphatic rings. The number of nitrogens with two attached hydrogens (primary N) is 1. The van der Waals surface area contributed by atoms with Crippen LogP contribution >= 0.6 is 0 Å². The van der Waals surface area contributed by atoms with E-state index in [2.05, 4.69) is 0 Å². The minimum Gasteiger partial charge on any atom is -0.456 e. The van der Waals surface area contributed by atoms with E-state index in [1.807, 2.05) is 97.9 Å². The number of carbonyl (C=O) groups is 2. The molecule has 2 heterocycles. The lowest BCUT2D eigenvalue weighted by atomic mass is 9.99. The lowest BCUT2D eigenvalue weighted by molar-refractivity contribution is -0.141. The minimum absolute atomic E-state index is 0.0134. The minimum atomic E-state index is -0.409. The Bertz CT molecular complexity index is 1380. The average molecular weight is 482 g/mol. The first-order chi connectivity index (χ1) is 17.4. The van der Waals surface area contributed by atoms with Gasteiger partial charge in [-0.25, -0.2) is 0 Å². The highest BCUT2D eigenvalue weighted by Crippen LogP contribution is 2.30. The normalized spacial score (nSPS) is 16.5. The van der Waals surface area contributed by atoms with Crippen molar-refractivity contribution in [3.63, 3.8) is 0 Å². The Labute approximate surface area is 211 Å². The van der Waals surface area contributed by atoms with Gasteiger partial charge in [-0.2, -0.15) is 0 Å². The molecule has 0 bridgehead atoms. The van der Waals surface area contributed by atoms with Gasteiger partial charge in [0.1, 0.15) is 17.4 Å². The van der Waals surface area contributed by atoms with E-state index in [-0.39, 0.29) is 18.1 Å². The van der Waals surface area contributed by atoms with Crippen LogP contribution in [0.3, 0.4) is 0 Å². The Balaban J connectivity index is 1.33. The second kappa shape index (κ2) is 9.99. The number of likely N-dealkylation sites (N-methyl/N-ethyl adjacent to an activating group) is 1. The number of rotatable bonds is 7. The number of amides is 1. The molecule has 0 unspecified atom stereocenters. The van der Waals surface area contributed by atoms with Gasteiger partial charge in [-0.3, -0.25) is 14.5 Å². The summed E-state index contributed by atoms with van der Waals surface area (Å²) >= 11 is 0. The molecule has 184 valence electrons. The molecule has 36 heavy (non-hydrogen) atoms. The number of furan rings is 1. The van der Waals surface area contributed by atoms with Crippen LogP contribution < -0.4 is 5.73 Å². The first-order valence-corrected chi connectivity index (χ1v) is 12.3. The molecule has 0 spiro atoms. The second-order valence-corrected chi connectivity index (χ2v) is 9.71. The number of hydrogen-bond donors (Lipinski definition) is 1. The number of carbonyl (C=O) groups excluding carboxylic acids is 2. The summed E-state index contributed by atoms with van der Waals surface area (Å²) < 4.78 is 6.01. The molecular formula is C30H31N3O3. The molecule has 3 aromatic carbocycles. The number of nitrogen functional groups attached to an aromatic ring is 1. The van der Waals surface area contributed by atoms with Gasteiger partial charge in [0.2, 0.25) is 5.91 Å². The summed E-state index contributed by atoms with van der Waals surface area (Å²) in [6, 6.07) is 24.3. The third-order valence-electron chi connectivity index (χ3n) is 6.93. The van der Waals surface area contributed by atoms with E-state index in [1.165, 1.54) is 0 Å². The molecule has 1 aromatic heterocycles. The van der Waals surface area contributed by atoms with Gasteiger partial charge in [-0.15, -0.1) is 0 Å². The molecule has 0 radical (unpaired) electrons. The smallest absolute Gasteiger partial charge is 0.245 e. The quantitative estimate of drug-likeness (QED) is 0.372. The van der Waals surface area contributed by atoms with Crippen molar-refractivity contribution >= 4 is 28.3 Å². The summed E-state index contributed by atoms with van der Waals surface area (Å²) in [6.07, 6.45) is 1.82. The maximum absolute atomic E-state index is 13.6. The number of anilines is 1. The molecule has 1 fully saturated rings. The van der Waals surface area contributed by atoms with Gasteiger partial charge in [-0.1, -0.05) is 36.4 Å². The Hall–Kier alpha value is -3.90. The van der Waals surface area contributed by atoms with Crippen molar-refractivity contribution in [3.05, 3.63) is 90.0 Å². The number of benzene rings is 3. The molecule has 0 saturated carbocycles. The molecule has 2 N–H and O–H groups in total. The van der Waals surface area contributed by atoms with Crippen LogP contribution in [0.15, 0.2) is 83.3 Å². The van der Waals surface area contributed by atoms with Crippen molar-refractivity contribution in [2.45, 2.75) is 31.3 Å².